The molecule has 41 heavy (non-hydrogen) atoms. The summed E-state index contributed by atoms with van der Waals surface area (Å²) in [6.45, 7) is 17.9. The van der Waals surface area contributed by atoms with E-state index in [2.05, 4.69) is 20.4 Å². The summed E-state index contributed by atoms with van der Waals surface area (Å²) in [4.78, 5) is 40.8. The number of ether oxygens (including phenoxy) is 1. The molecule has 0 bridgehead atoms. The minimum atomic E-state index is -1.42. The minimum Gasteiger partial charge on any atom is -0.511 e. The molecule has 6 nitrogen and oxygen atoms in total. The lowest BCUT2D eigenvalue weighted by atomic mass is 9.48. The number of hydrogen-bond donors (Lipinski definition) is 2. The zero-order valence-corrected chi connectivity index (χ0v) is 25.4. The van der Waals surface area contributed by atoms with E-state index in [1.807, 2.05) is 57.2 Å². The van der Waals surface area contributed by atoms with Crippen LogP contribution in [0.3, 0.4) is 0 Å². The molecule has 2 N–H and O–H groups in total. The molecule has 3 aliphatic rings. The lowest BCUT2D eigenvalue weighted by Crippen LogP contribution is -2.52. The Hall–Kier alpha value is -3.41. The zero-order chi connectivity index (χ0) is 30.4. The number of aliphatic hydroxyl groups is 1. The van der Waals surface area contributed by atoms with Gasteiger partial charge in [-0.05, 0) is 69.8 Å². The van der Waals surface area contributed by atoms with Gasteiger partial charge in [0.1, 0.15) is 23.2 Å². The minimum absolute atomic E-state index is 0.0366. The highest BCUT2D eigenvalue weighted by atomic mass is 16.5. The number of carbonyl (C=O) groups excluding carboxylic acids is 2. The van der Waals surface area contributed by atoms with Gasteiger partial charge in [-0.1, -0.05) is 74.9 Å². The topological polar surface area (TPSA) is 101 Å². The van der Waals surface area contributed by atoms with Gasteiger partial charge in [0.05, 0.1) is 17.8 Å². The molecule has 1 aliphatic heterocycles. The van der Waals surface area contributed by atoms with Gasteiger partial charge in [0, 0.05) is 11.5 Å². The number of carbonyl (C=O) groups is 3. The van der Waals surface area contributed by atoms with Crippen molar-refractivity contribution in [1.29, 1.82) is 0 Å². The predicted molar refractivity (Wildman–Crippen MR) is 159 cm³/mol. The number of aliphatic hydroxyl groups excluding tert-OH is 1. The molecule has 6 heteroatoms. The van der Waals surface area contributed by atoms with Gasteiger partial charge in [0.2, 0.25) is 0 Å². The molecule has 6 atom stereocenters. The standard InChI is InChI=1S/C35H44O6/c1-19(2)14-15-35(18-24-16-26(20(3)4)34(24,7)8)32(39)28(25(17-27(36)37)23-12-10-9-11-13-23)31-29(33(35)40)30(38)21(5)22(6)41-31/h9-14,21-22,24-26,39H,3,15-18H2,1-2,4-8H3,(H,36,37)/t21-,22+,24-,25+,26-,35-/m0/s1. The van der Waals surface area contributed by atoms with E-state index in [0.717, 1.165) is 17.6 Å². The Bertz CT molecular complexity index is 1360. The van der Waals surface area contributed by atoms with Gasteiger partial charge in [-0.2, -0.15) is 0 Å². The second-order valence-corrected chi connectivity index (χ2v) is 13.3. The SMILES string of the molecule is C=C(C)[C@@H]1C[C@@H](C[C@]2(CC=C(C)C)C(=O)C3=C(O[C@H](C)[C@H](C)C3=O)C([C@H](CC(=O)O)c3ccccc3)=C2O)C1(C)C. The summed E-state index contributed by atoms with van der Waals surface area (Å²) in [5.74, 6) is -2.92. The lowest BCUT2D eigenvalue weighted by Gasteiger charge is -2.56. The summed E-state index contributed by atoms with van der Waals surface area (Å²) in [5.41, 5.74) is 1.38. The van der Waals surface area contributed by atoms with Crippen molar-refractivity contribution >= 4 is 17.5 Å². The average Bonchev–Trinajstić information content (AvgIpc) is 2.89. The molecule has 0 amide bonds. The van der Waals surface area contributed by atoms with Gasteiger partial charge in [0.15, 0.2) is 11.6 Å². The van der Waals surface area contributed by atoms with Crippen LogP contribution in [0.15, 0.2) is 76.8 Å². The summed E-state index contributed by atoms with van der Waals surface area (Å²) >= 11 is 0. The van der Waals surface area contributed by atoms with Crippen LogP contribution >= 0.6 is 0 Å². The Morgan fingerprint density at radius 2 is 1.78 bits per heavy atom. The van der Waals surface area contributed by atoms with Crippen molar-refractivity contribution in [2.75, 3.05) is 0 Å². The first-order valence-corrected chi connectivity index (χ1v) is 14.6. The van der Waals surface area contributed by atoms with Crippen LogP contribution in [0, 0.1) is 28.6 Å². The first-order valence-electron chi connectivity index (χ1n) is 14.6. The average molecular weight is 561 g/mol. The first-order chi connectivity index (χ1) is 19.1. The largest absolute Gasteiger partial charge is 0.511 e. The Labute approximate surface area is 243 Å². The molecular weight excluding hydrogens is 516 g/mol. The van der Waals surface area contributed by atoms with E-state index in [-0.39, 0.29) is 58.5 Å². The number of aliphatic carboxylic acids is 1. The van der Waals surface area contributed by atoms with Crippen LogP contribution in [-0.2, 0) is 19.1 Å². The van der Waals surface area contributed by atoms with Crippen molar-refractivity contribution in [2.45, 2.75) is 86.2 Å². The number of Topliss-reactive ketones (excluding diaryl/α,β-unsaturated/α-hetero) is 2. The maximum absolute atomic E-state index is 14.7. The van der Waals surface area contributed by atoms with Crippen LogP contribution in [-0.4, -0.2) is 33.9 Å². The van der Waals surface area contributed by atoms with Gasteiger partial charge >= 0.3 is 5.97 Å². The predicted octanol–water partition coefficient (Wildman–Crippen LogP) is 7.49. The van der Waals surface area contributed by atoms with E-state index in [1.54, 1.807) is 13.8 Å². The monoisotopic (exact) mass is 560 g/mol. The normalized spacial score (nSPS) is 29.7. The fourth-order valence-electron chi connectivity index (χ4n) is 7.05. The summed E-state index contributed by atoms with van der Waals surface area (Å²) in [5, 5.41) is 22.4. The smallest absolute Gasteiger partial charge is 0.304 e. The van der Waals surface area contributed by atoms with Crippen molar-refractivity contribution in [3.8, 4) is 0 Å². The summed E-state index contributed by atoms with van der Waals surface area (Å²) in [7, 11) is 0. The number of hydrogen-bond acceptors (Lipinski definition) is 5. The summed E-state index contributed by atoms with van der Waals surface area (Å²) < 4.78 is 6.26. The quantitative estimate of drug-likeness (QED) is 0.240. The number of ketones is 2. The lowest BCUT2D eigenvalue weighted by molar-refractivity contribution is -0.137. The van der Waals surface area contributed by atoms with Crippen LogP contribution in [0.25, 0.3) is 0 Å². The molecule has 2 aliphatic carbocycles. The second-order valence-electron chi connectivity index (χ2n) is 13.3. The highest BCUT2D eigenvalue weighted by molar-refractivity contribution is 6.25. The van der Waals surface area contributed by atoms with Crippen LogP contribution < -0.4 is 0 Å². The Morgan fingerprint density at radius 3 is 2.32 bits per heavy atom. The van der Waals surface area contributed by atoms with Crippen molar-refractivity contribution in [1.82, 2.24) is 0 Å². The second kappa shape index (κ2) is 11.1. The molecular formula is C35H44O6. The molecule has 0 unspecified atom stereocenters. The number of rotatable bonds is 9. The van der Waals surface area contributed by atoms with Crippen molar-refractivity contribution < 1.29 is 29.3 Å². The van der Waals surface area contributed by atoms with E-state index in [4.69, 9.17) is 4.74 Å². The molecule has 1 aromatic rings. The highest BCUT2D eigenvalue weighted by Gasteiger charge is 2.59. The van der Waals surface area contributed by atoms with E-state index in [0.29, 0.717) is 12.0 Å². The van der Waals surface area contributed by atoms with Gasteiger partial charge in [-0.15, -0.1) is 0 Å². The molecule has 0 spiro atoms. The van der Waals surface area contributed by atoms with Crippen molar-refractivity contribution in [3.05, 3.63) is 82.4 Å². The van der Waals surface area contributed by atoms with Gasteiger partial charge < -0.3 is 14.9 Å². The Morgan fingerprint density at radius 1 is 1.15 bits per heavy atom. The highest BCUT2D eigenvalue weighted by Crippen LogP contribution is 2.61. The van der Waals surface area contributed by atoms with Crippen molar-refractivity contribution in [2.24, 2.45) is 28.6 Å². The molecule has 1 heterocycles. The number of carboxylic acids is 1. The third kappa shape index (κ3) is 5.22. The fourth-order valence-corrected chi connectivity index (χ4v) is 7.05. The van der Waals surface area contributed by atoms with Gasteiger partial charge in [-0.3, -0.25) is 14.4 Å². The maximum atomic E-state index is 14.7. The van der Waals surface area contributed by atoms with Crippen LogP contribution in [0.1, 0.15) is 85.6 Å². The summed E-state index contributed by atoms with van der Waals surface area (Å²) in [6, 6.07) is 9.09. The summed E-state index contributed by atoms with van der Waals surface area (Å²) in [6.07, 6.45) is 2.44. The number of allylic oxidation sites excluding steroid dienone is 6. The van der Waals surface area contributed by atoms with Gasteiger partial charge in [0.25, 0.3) is 0 Å². The van der Waals surface area contributed by atoms with E-state index >= 15 is 0 Å². The van der Waals surface area contributed by atoms with Crippen LogP contribution in [0.4, 0.5) is 0 Å². The molecule has 1 saturated carbocycles. The van der Waals surface area contributed by atoms with E-state index < -0.39 is 35.1 Å². The van der Waals surface area contributed by atoms with E-state index in [9.17, 15) is 24.6 Å². The molecule has 1 aromatic carbocycles. The Kier molecular flexibility index (Phi) is 8.28. The van der Waals surface area contributed by atoms with Crippen LogP contribution in [0.2, 0.25) is 0 Å². The maximum Gasteiger partial charge on any atom is 0.304 e. The third-order valence-corrected chi connectivity index (χ3v) is 9.96. The third-order valence-electron chi connectivity index (χ3n) is 9.96. The fraction of sp³-hybridized carbons (Fsp3) is 0.514. The molecule has 1 fully saturated rings. The zero-order valence-electron chi connectivity index (χ0n) is 25.4. The molecule has 0 saturated heterocycles. The van der Waals surface area contributed by atoms with Crippen molar-refractivity contribution in [3.63, 3.8) is 0 Å². The molecule has 0 aromatic heterocycles. The first kappa shape index (κ1) is 30.5. The number of carboxylic acid groups (broad SMARTS) is 1. The molecule has 220 valence electrons. The van der Waals surface area contributed by atoms with Gasteiger partial charge in [-0.25, -0.2) is 0 Å². The van der Waals surface area contributed by atoms with Crippen LogP contribution in [0.5, 0.6) is 0 Å². The number of benzene rings is 1. The molecule has 0 radical (unpaired) electrons. The van der Waals surface area contributed by atoms with E-state index in [1.165, 1.54) is 0 Å². The molecule has 4 rings (SSSR count). The Balaban J connectivity index is 2.01.